The number of carbonyl (C=O) groups excluding carboxylic acids is 1. The Labute approximate surface area is 135 Å². The van der Waals surface area contributed by atoms with Crippen molar-refractivity contribution in [1.82, 2.24) is 10.2 Å². The zero-order chi connectivity index (χ0) is 16.7. The molecule has 1 amide bonds. The summed E-state index contributed by atoms with van der Waals surface area (Å²) < 4.78 is 22.3. The van der Waals surface area contributed by atoms with E-state index < -0.39 is 10.0 Å². The monoisotopic (exact) mass is 339 g/mol. The molecule has 4 N–H and O–H groups in total. The van der Waals surface area contributed by atoms with E-state index in [1.807, 2.05) is 6.34 Å². The van der Waals surface area contributed by atoms with E-state index in [1.165, 1.54) is 24.3 Å². The molecule has 1 aromatic carbocycles. The van der Waals surface area contributed by atoms with Crippen molar-refractivity contribution in [3.8, 4) is 0 Å². The number of nitrogens with two attached hydrogens (primary N) is 1. The molecule has 0 saturated heterocycles. The number of amides is 1. The largest absolute Gasteiger partial charge is 0.361 e. The highest BCUT2D eigenvalue weighted by molar-refractivity contribution is 7.89. The van der Waals surface area contributed by atoms with Crippen LogP contribution in [-0.2, 0) is 14.8 Å². The molecule has 1 aliphatic heterocycles. The fourth-order valence-corrected chi connectivity index (χ4v) is 2.64. The van der Waals surface area contributed by atoms with Crippen LogP contribution in [-0.4, -0.2) is 58.3 Å². The minimum atomic E-state index is -3.71. The van der Waals surface area contributed by atoms with Crippen LogP contribution in [0.15, 0.2) is 34.2 Å². The van der Waals surface area contributed by atoms with Gasteiger partial charge in [-0.15, -0.1) is 0 Å². The molecule has 1 aliphatic rings. The fourth-order valence-electron chi connectivity index (χ4n) is 2.13. The molecule has 0 radical (unpaired) electrons. The van der Waals surface area contributed by atoms with Crippen molar-refractivity contribution in [2.75, 3.05) is 38.0 Å². The van der Waals surface area contributed by atoms with Gasteiger partial charge in [0, 0.05) is 18.8 Å². The normalized spacial score (nSPS) is 14.2. The molecule has 8 nitrogen and oxygen atoms in total. The van der Waals surface area contributed by atoms with Gasteiger partial charge in [0.25, 0.3) is 0 Å². The van der Waals surface area contributed by atoms with Crippen molar-refractivity contribution in [3.05, 3.63) is 24.3 Å². The average molecular weight is 339 g/mol. The lowest BCUT2D eigenvalue weighted by Crippen LogP contribution is -2.31. The molecule has 0 bridgehead atoms. The van der Waals surface area contributed by atoms with Crippen molar-refractivity contribution >= 4 is 28.0 Å². The first-order chi connectivity index (χ1) is 10.9. The number of anilines is 1. The second-order valence-electron chi connectivity index (χ2n) is 5.21. The molecule has 9 heteroatoms. The highest BCUT2D eigenvalue weighted by atomic mass is 32.2. The lowest BCUT2D eigenvalue weighted by atomic mass is 10.3. The Balaban J connectivity index is 1.65. The molecular formula is C14H21N5O3S. The minimum absolute atomic E-state index is 0.0130. The Morgan fingerprint density at radius 3 is 2.65 bits per heavy atom. The quantitative estimate of drug-likeness (QED) is 0.557. The van der Waals surface area contributed by atoms with E-state index in [2.05, 4.69) is 20.5 Å². The number of hydrogen-bond acceptors (Lipinski definition) is 6. The van der Waals surface area contributed by atoms with Crippen molar-refractivity contribution in [1.29, 1.82) is 0 Å². The topological polar surface area (TPSA) is 117 Å². The van der Waals surface area contributed by atoms with Gasteiger partial charge in [-0.3, -0.25) is 9.79 Å². The maximum Gasteiger partial charge on any atom is 0.238 e. The number of hydrogen-bond donors (Lipinski definition) is 3. The summed E-state index contributed by atoms with van der Waals surface area (Å²) in [7, 11) is -3.71. The number of nitrogens with zero attached hydrogens (tertiary/aromatic N) is 2. The Morgan fingerprint density at radius 2 is 2.04 bits per heavy atom. The molecular weight excluding hydrogens is 318 g/mol. The van der Waals surface area contributed by atoms with Crippen LogP contribution >= 0.6 is 0 Å². The summed E-state index contributed by atoms with van der Waals surface area (Å²) in [5, 5.41) is 10.8. The van der Waals surface area contributed by atoms with Gasteiger partial charge in [-0.2, -0.15) is 0 Å². The third-order valence-corrected chi connectivity index (χ3v) is 4.24. The van der Waals surface area contributed by atoms with Crippen LogP contribution in [0, 0.1) is 0 Å². The van der Waals surface area contributed by atoms with Crippen LogP contribution < -0.4 is 15.8 Å². The third-order valence-electron chi connectivity index (χ3n) is 3.31. The highest BCUT2D eigenvalue weighted by Gasteiger charge is 2.08. The zero-order valence-corrected chi connectivity index (χ0v) is 13.6. The number of primary sulfonamides is 1. The first kappa shape index (κ1) is 17.4. The van der Waals surface area contributed by atoms with Crippen molar-refractivity contribution in [3.63, 3.8) is 0 Å². The molecule has 1 aromatic rings. The lowest BCUT2D eigenvalue weighted by molar-refractivity contribution is -0.115. The summed E-state index contributed by atoms with van der Waals surface area (Å²) >= 11 is 0. The first-order valence-electron chi connectivity index (χ1n) is 7.32. The molecule has 0 atom stereocenters. The molecule has 0 spiro atoms. The van der Waals surface area contributed by atoms with Gasteiger partial charge in [0.1, 0.15) is 0 Å². The Hall–Kier alpha value is -1.97. The van der Waals surface area contributed by atoms with E-state index in [0.717, 1.165) is 32.6 Å². The van der Waals surface area contributed by atoms with E-state index in [4.69, 9.17) is 5.14 Å². The second kappa shape index (κ2) is 8.04. The molecule has 0 aliphatic carbocycles. The summed E-state index contributed by atoms with van der Waals surface area (Å²) in [6, 6.07) is 5.72. The molecule has 23 heavy (non-hydrogen) atoms. The van der Waals surface area contributed by atoms with Crippen LogP contribution in [0.4, 0.5) is 5.69 Å². The molecule has 1 heterocycles. The van der Waals surface area contributed by atoms with Crippen molar-refractivity contribution in [2.24, 2.45) is 10.1 Å². The van der Waals surface area contributed by atoms with Crippen molar-refractivity contribution < 1.29 is 13.2 Å². The number of nitrogens with one attached hydrogen (secondary N) is 2. The SMILES string of the molecule is NS(=O)(=O)c1ccc(NC(=O)CNCCCN2C=NCC2)cc1. The van der Waals surface area contributed by atoms with Crippen LogP contribution in [0.25, 0.3) is 0 Å². The van der Waals surface area contributed by atoms with Gasteiger partial charge in [-0.1, -0.05) is 0 Å². The fraction of sp³-hybridized carbons (Fsp3) is 0.429. The smallest absolute Gasteiger partial charge is 0.238 e. The number of carbonyl (C=O) groups is 1. The van der Waals surface area contributed by atoms with Gasteiger partial charge in [-0.25, -0.2) is 13.6 Å². The Morgan fingerprint density at radius 1 is 1.30 bits per heavy atom. The van der Waals surface area contributed by atoms with E-state index in [-0.39, 0.29) is 17.3 Å². The van der Waals surface area contributed by atoms with Crippen LogP contribution in [0.2, 0.25) is 0 Å². The van der Waals surface area contributed by atoms with E-state index >= 15 is 0 Å². The van der Waals surface area contributed by atoms with Crippen LogP contribution in [0.1, 0.15) is 6.42 Å². The maximum absolute atomic E-state index is 11.8. The Bertz CT molecular complexity index is 657. The van der Waals surface area contributed by atoms with Gasteiger partial charge in [0.15, 0.2) is 0 Å². The standard InChI is InChI=1S/C14H21N5O3S/c15-23(21,22)13-4-2-12(3-5-13)18-14(20)10-16-6-1-8-19-9-7-17-11-19/h2-5,11,16H,1,6-10H2,(H,18,20)(H2,15,21,22). The summed E-state index contributed by atoms with van der Waals surface area (Å²) in [6.07, 6.45) is 2.79. The summed E-state index contributed by atoms with van der Waals surface area (Å²) in [6.45, 7) is 3.69. The van der Waals surface area contributed by atoms with Gasteiger partial charge in [0.2, 0.25) is 15.9 Å². The molecule has 0 fully saturated rings. The van der Waals surface area contributed by atoms with Gasteiger partial charge in [0.05, 0.1) is 24.3 Å². The second-order valence-corrected chi connectivity index (χ2v) is 6.77. The summed E-state index contributed by atoms with van der Waals surface area (Å²) in [5.74, 6) is -0.184. The molecule has 0 saturated carbocycles. The number of rotatable bonds is 8. The summed E-state index contributed by atoms with van der Waals surface area (Å²) in [4.78, 5) is 18.1. The van der Waals surface area contributed by atoms with Crippen LogP contribution in [0.5, 0.6) is 0 Å². The lowest BCUT2D eigenvalue weighted by Gasteiger charge is -2.13. The van der Waals surface area contributed by atoms with E-state index in [1.54, 1.807) is 0 Å². The van der Waals surface area contributed by atoms with Gasteiger partial charge >= 0.3 is 0 Å². The Kier molecular flexibility index (Phi) is 6.08. The van der Waals surface area contributed by atoms with Gasteiger partial charge < -0.3 is 15.5 Å². The first-order valence-corrected chi connectivity index (χ1v) is 8.87. The zero-order valence-electron chi connectivity index (χ0n) is 12.7. The molecule has 0 aromatic heterocycles. The summed E-state index contributed by atoms with van der Waals surface area (Å²) in [5.41, 5.74) is 0.525. The molecule has 126 valence electrons. The van der Waals surface area contributed by atoms with Crippen LogP contribution in [0.3, 0.4) is 0 Å². The minimum Gasteiger partial charge on any atom is -0.361 e. The van der Waals surface area contributed by atoms with E-state index in [0.29, 0.717) is 5.69 Å². The average Bonchev–Trinajstić information content (AvgIpc) is 3.00. The maximum atomic E-state index is 11.8. The number of aliphatic imine (C=N–C) groups is 1. The molecule has 2 rings (SSSR count). The van der Waals surface area contributed by atoms with Gasteiger partial charge in [-0.05, 0) is 37.2 Å². The predicted molar refractivity (Wildman–Crippen MR) is 88.9 cm³/mol. The molecule has 0 unspecified atom stereocenters. The number of benzene rings is 1. The third kappa shape index (κ3) is 5.97. The number of sulfonamides is 1. The predicted octanol–water partition coefficient (Wildman–Crippen LogP) is -0.404. The van der Waals surface area contributed by atoms with E-state index in [9.17, 15) is 13.2 Å². The highest BCUT2D eigenvalue weighted by Crippen LogP contribution is 2.12. The van der Waals surface area contributed by atoms with Crippen molar-refractivity contribution in [2.45, 2.75) is 11.3 Å².